The average molecular weight is 422 g/mol. The lowest BCUT2D eigenvalue weighted by molar-refractivity contribution is -0.325. The van der Waals surface area contributed by atoms with E-state index >= 15 is 0 Å². The zero-order valence-corrected chi connectivity index (χ0v) is 15.2. The summed E-state index contributed by atoms with van der Waals surface area (Å²) in [6.45, 7) is -0.858. The largest absolute Gasteiger partial charge is 0.522 e. The highest BCUT2D eigenvalue weighted by Gasteiger charge is 2.28. The summed E-state index contributed by atoms with van der Waals surface area (Å²) in [6.07, 6.45) is -4.40. The number of carbonyl (C=O) groups is 2. The van der Waals surface area contributed by atoms with Gasteiger partial charge in [-0.15, -0.1) is 26.3 Å². The summed E-state index contributed by atoms with van der Waals surface area (Å²) in [5.41, 5.74) is 0. The van der Waals surface area contributed by atoms with Gasteiger partial charge in [-0.25, -0.2) is 4.79 Å². The maximum atomic E-state index is 11.7. The molecule has 0 bridgehead atoms. The standard InChI is InChI=1S/C17H24F6O5/c18-16(19,20)27-12-6-2-1-4-8-14(24)9-10-15(25)26-11-5-3-7-13-28-17(21,22)23/h9-10H,1-8,11-13H2/b10-9-. The normalized spacial score (nSPS) is 12.5. The van der Waals surface area contributed by atoms with E-state index in [1.165, 1.54) is 0 Å². The number of hydrogen-bond acceptors (Lipinski definition) is 5. The van der Waals surface area contributed by atoms with Crippen LogP contribution in [0, 0.1) is 0 Å². The van der Waals surface area contributed by atoms with Crippen LogP contribution < -0.4 is 0 Å². The van der Waals surface area contributed by atoms with Gasteiger partial charge in [0.1, 0.15) is 0 Å². The topological polar surface area (TPSA) is 61.8 Å². The number of rotatable bonds is 15. The zero-order valence-electron chi connectivity index (χ0n) is 15.2. The van der Waals surface area contributed by atoms with E-state index in [2.05, 4.69) is 9.47 Å². The number of esters is 1. The van der Waals surface area contributed by atoms with Crippen LogP contribution in [0.3, 0.4) is 0 Å². The van der Waals surface area contributed by atoms with Crippen molar-refractivity contribution in [1.82, 2.24) is 0 Å². The highest BCUT2D eigenvalue weighted by molar-refractivity contribution is 5.95. The second-order valence-electron chi connectivity index (χ2n) is 5.78. The molecule has 0 amide bonds. The third-order valence-electron chi connectivity index (χ3n) is 3.29. The second-order valence-corrected chi connectivity index (χ2v) is 5.78. The van der Waals surface area contributed by atoms with Crippen LogP contribution in [0.25, 0.3) is 0 Å². The molecule has 0 unspecified atom stereocenters. The van der Waals surface area contributed by atoms with Crippen molar-refractivity contribution in [3.63, 3.8) is 0 Å². The van der Waals surface area contributed by atoms with E-state index in [4.69, 9.17) is 4.74 Å². The number of allylic oxidation sites excluding steroid dienone is 1. The Morgan fingerprint density at radius 3 is 1.64 bits per heavy atom. The molecule has 164 valence electrons. The van der Waals surface area contributed by atoms with Crippen molar-refractivity contribution < 1.29 is 50.1 Å². The molecule has 0 aliphatic rings. The van der Waals surface area contributed by atoms with Gasteiger partial charge in [-0.3, -0.25) is 14.3 Å². The van der Waals surface area contributed by atoms with Gasteiger partial charge in [-0.1, -0.05) is 12.8 Å². The zero-order chi connectivity index (χ0) is 21.5. The van der Waals surface area contributed by atoms with Gasteiger partial charge in [-0.05, 0) is 38.2 Å². The Hall–Kier alpha value is -1.62. The van der Waals surface area contributed by atoms with Crippen molar-refractivity contribution >= 4 is 11.8 Å². The van der Waals surface area contributed by atoms with Gasteiger partial charge in [0, 0.05) is 12.5 Å². The number of carbonyl (C=O) groups excluding carboxylic acids is 2. The first-order chi connectivity index (χ1) is 13.0. The highest BCUT2D eigenvalue weighted by Crippen LogP contribution is 2.17. The van der Waals surface area contributed by atoms with Crippen molar-refractivity contribution in [3.05, 3.63) is 12.2 Å². The van der Waals surface area contributed by atoms with Crippen LogP contribution >= 0.6 is 0 Å². The summed E-state index contributed by atoms with van der Waals surface area (Å²) in [4.78, 5) is 22.9. The number of unbranched alkanes of at least 4 members (excludes halogenated alkanes) is 5. The van der Waals surface area contributed by atoms with E-state index < -0.39 is 31.9 Å². The lowest BCUT2D eigenvalue weighted by atomic mass is 10.1. The molecule has 0 radical (unpaired) electrons. The van der Waals surface area contributed by atoms with Gasteiger partial charge in [0.15, 0.2) is 5.78 Å². The van der Waals surface area contributed by atoms with Crippen molar-refractivity contribution in [2.24, 2.45) is 0 Å². The molecule has 28 heavy (non-hydrogen) atoms. The number of ether oxygens (including phenoxy) is 3. The van der Waals surface area contributed by atoms with E-state index in [1.54, 1.807) is 0 Å². The molecule has 0 aliphatic carbocycles. The molecule has 11 heteroatoms. The van der Waals surface area contributed by atoms with Gasteiger partial charge < -0.3 is 4.74 Å². The van der Waals surface area contributed by atoms with Gasteiger partial charge in [0.25, 0.3) is 0 Å². The fourth-order valence-electron chi connectivity index (χ4n) is 1.98. The summed E-state index contributed by atoms with van der Waals surface area (Å²) in [7, 11) is 0. The van der Waals surface area contributed by atoms with Crippen LogP contribution in [0.5, 0.6) is 0 Å². The molecule has 0 aromatic rings. The minimum Gasteiger partial charge on any atom is -0.463 e. The van der Waals surface area contributed by atoms with Gasteiger partial charge >= 0.3 is 18.7 Å². The van der Waals surface area contributed by atoms with Crippen LogP contribution in [0.15, 0.2) is 12.2 Å². The van der Waals surface area contributed by atoms with Gasteiger partial charge in [0.05, 0.1) is 19.8 Å². The Balaban J connectivity index is 3.58. The van der Waals surface area contributed by atoms with Gasteiger partial charge in [0.2, 0.25) is 0 Å². The van der Waals surface area contributed by atoms with E-state index in [1.807, 2.05) is 0 Å². The number of halogens is 6. The predicted molar refractivity (Wildman–Crippen MR) is 86.1 cm³/mol. The summed E-state index contributed by atoms with van der Waals surface area (Å²) >= 11 is 0. The fourth-order valence-corrected chi connectivity index (χ4v) is 1.98. The quantitative estimate of drug-likeness (QED) is 0.163. The molecule has 0 N–H and O–H groups in total. The van der Waals surface area contributed by atoms with Crippen LogP contribution in [0.4, 0.5) is 26.3 Å². The molecular weight excluding hydrogens is 398 g/mol. The minimum absolute atomic E-state index is 0.0172. The Morgan fingerprint density at radius 1 is 0.643 bits per heavy atom. The number of alkyl halides is 6. The van der Waals surface area contributed by atoms with Crippen molar-refractivity contribution in [2.45, 2.75) is 64.1 Å². The van der Waals surface area contributed by atoms with Gasteiger partial charge in [-0.2, -0.15) is 0 Å². The predicted octanol–water partition coefficient (Wildman–Crippen LogP) is 4.85. The molecule has 0 fully saturated rings. The monoisotopic (exact) mass is 422 g/mol. The van der Waals surface area contributed by atoms with E-state index in [0.29, 0.717) is 32.1 Å². The molecule has 0 spiro atoms. The first-order valence-electron chi connectivity index (χ1n) is 8.78. The maximum absolute atomic E-state index is 11.7. The summed E-state index contributed by atoms with van der Waals surface area (Å²) < 4.78 is 82.3. The molecule has 0 aliphatic heterocycles. The van der Waals surface area contributed by atoms with Crippen LogP contribution in [0.1, 0.15) is 51.4 Å². The van der Waals surface area contributed by atoms with Crippen molar-refractivity contribution in [1.29, 1.82) is 0 Å². The molecule has 0 heterocycles. The summed E-state index contributed by atoms with van der Waals surface area (Å²) in [6, 6.07) is 0. The first kappa shape index (κ1) is 26.4. The highest BCUT2D eigenvalue weighted by atomic mass is 19.4. The molecule has 0 aromatic carbocycles. The first-order valence-corrected chi connectivity index (χ1v) is 8.78. The molecule has 0 aromatic heterocycles. The Labute approximate surface area is 159 Å². The lowest BCUT2D eigenvalue weighted by Crippen LogP contribution is -2.14. The number of ketones is 1. The smallest absolute Gasteiger partial charge is 0.463 e. The van der Waals surface area contributed by atoms with E-state index in [0.717, 1.165) is 12.2 Å². The molecular formula is C17H24F6O5. The molecule has 5 nitrogen and oxygen atoms in total. The summed E-state index contributed by atoms with van der Waals surface area (Å²) in [5, 5.41) is 0. The van der Waals surface area contributed by atoms with Crippen molar-refractivity contribution in [2.75, 3.05) is 19.8 Å². The Morgan fingerprint density at radius 2 is 1.11 bits per heavy atom. The molecule has 0 saturated heterocycles. The third kappa shape index (κ3) is 20.7. The Bertz CT molecular complexity index is 432. The lowest BCUT2D eigenvalue weighted by Gasteiger charge is -2.06. The second kappa shape index (κ2) is 14.4. The van der Waals surface area contributed by atoms with E-state index in [9.17, 15) is 35.9 Å². The SMILES string of the molecule is O=C(/C=C\C(=O)OCCCCCOC(F)(F)F)CCCCCCOC(F)(F)F. The molecule has 0 rings (SSSR count). The maximum Gasteiger partial charge on any atom is 0.522 e. The van der Waals surface area contributed by atoms with Crippen LogP contribution in [-0.4, -0.2) is 44.3 Å². The Kier molecular flexibility index (Phi) is 13.6. The summed E-state index contributed by atoms with van der Waals surface area (Å²) in [5.74, 6) is -1.04. The number of hydrogen-bond donors (Lipinski definition) is 0. The minimum atomic E-state index is -4.65. The van der Waals surface area contributed by atoms with Crippen molar-refractivity contribution in [3.8, 4) is 0 Å². The fraction of sp³-hybridized carbons (Fsp3) is 0.765. The average Bonchev–Trinajstić information content (AvgIpc) is 2.56. The molecule has 0 saturated carbocycles. The molecule has 0 atom stereocenters. The van der Waals surface area contributed by atoms with Crippen LogP contribution in [0.2, 0.25) is 0 Å². The van der Waals surface area contributed by atoms with Crippen LogP contribution in [-0.2, 0) is 23.8 Å². The van der Waals surface area contributed by atoms with E-state index in [-0.39, 0.29) is 31.7 Å². The third-order valence-corrected chi connectivity index (χ3v) is 3.29.